The summed E-state index contributed by atoms with van der Waals surface area (Å²) in [5.41, 5.74) is 22.1. The van der Waals surface area contributed by atoms with Gasteiger partial charge in [-0.1, -0.05) is 34.1 Å². The van der Waals surface area contributed by atoms with E-state index >= 15 is 0 Å². The first-order chi connectivity index (χ1) is 16.8. The molecule has 0 aromatic carbocycles. The zero-order valence-electron chi connectivity index (χ0n) is 22.0. The predicted molar refractivity (Wildman–Crippen MR) is 139 cm³/mol. The quantitative estimate of drug-likeness (QED) is 0.0617. The molecular weight excluding hydrogens is 468 g/mol. The number of amides is 3. The standard InChI is InChI=1S/C23H46N8O5/c1-5-14(4)18(21(34)30-17(13(2)3)22(35)36)31-20(33)16(10-6-7-11-24)29-19(32)15(25)9-8-12-28-23(26)27/h13-18H,5-12,24-25H2,1-4H3,(H,29,32)(H,30,34)(H,31,33)(H,35,36)(H4,26,27,28). The van der Waals surface area contributed by atoms with E-state index in [0.717, 1.165) is 0 Å². The average Bonchev–Trinajstić information content (AvgIpc) is 2.81. The van der Waals surface area contributed by atoms with Crippen molar-refractivity contribution in [2.45, 2.75) is 90.4 Å². The molecule has 0 aliphatic rings. The van der Waals surface area contributed by atoms with Gasteiger partial charge in [-0.3, -0.25) is 19.4 Å². The lowest BCUT2D eigenvalue weighted by Gasteiger charge is -2.29. The Balaban J connectivity index is 5.46. The Hall–Kier alpha value is -2.93. The number of carbonyl (C=O) groups is 4. The minimum absolute atomic E-state index is 0.0485. The number of carbonyl (C=O) groups excluding carboxylic acids is 3. The lowest BCUT2D eigenvalue weighted by atomic mass is 9.96. The number of aliphatic carboxylic acids is 1. The monoisotopic (exact) mass is 514 g/mol. The van der Waals surface area contributed by atoms with Crippen LogP contribution in [0.2, 0.25) is 0 Å². The number of hydrogen-bond acceptors (Lipinski definition) is 7. The summed E-state index contributed by atoms with van der Waals surface area (Å²) in [4.78, 5) is 54.2. The third-order valence-electron chi connectivity index (χ3n) is 5.91. The normalized spacial score (nSPS) is 15.2. The topological polar surface area (TPSA) is 241 Å². The van der Waals surface area contributed by atoms with Crippen LogP contribution in [0.5, 0.6) is 0 Å². The fourth-order valence-corrected chi connectivity index (χ4v) is 3.40. The lowest BCUT2D eigenvalue weighted by Crippen LogP contribution is -2.59. The van der Waals surface area contributed by atoms with Gasteiger partial charge in [-0.25, -0.2) is 4.79 Å². The molecule has 3 amide bonds. The van der Waals surface area contributed by atoms with Gasteiger partial charge >= 0.3 is 5.97 Å². The van der Waals surface area contributed by atoms with E-state index in [0.29, 0.717) is 51.6 Å². The summed E-state index contributed by atoms with van der Waals surface area (Å²) in [6.07, 6.45) is 2.87. The van der Waals surface area contributed by atoms with Gasteiger partial charge in [-0.05, 0) is 50.5 Å². The van der Waals surface area contributed by atoms with E-state index in [2.05, 4.69) is 20.9 Å². The fraction of sp³-hybridized carbons (Fsp3) is 0.783. The van der Waals surface area contributed by atoms with E-state index in [4.69, 9.17) is 22.9 Å². The molecule has 5 unspecified atom stereocenters. The van der Waals surface area contributed by atoms with Crippen molar-refractivity contribution in [3.05, 3.63) is 0 Å². The van der Waals surface area contributed by atoms with Crippen molar-refractivity contribution in [1.29, 1.82) is 0 Å². The zero-order chi connectivity index (χ0) is 27.8. The molecule has 0 aromatic rings. The van der Waals surface area contributed by atoms with Crippen LogP contribution in [0, 0.1) is 11.8 Å². The molecule has 0 spiro atoms. The number of nitrogens with one attached hydrogen (secondary N) is 3. The summed E-state index contributed by atoms with van der Waals surface area (Å²) in [5.74, 6) is -3.50. The van der Waals surface area contributed by atoms with Gasteiger partial charge in [0.2, 0.25) is 17.7 Å². The third-order valence-corrected chi connectivity index (χ3v) is 5.91. The molecule has 36 heavy (non-hydrogen) atoms. The van der Waals surface area contributed by atoms with Crippen LogP contribution in [0.3, 0.4) is 0 Å². The molecule has 13 heteroatoms. The molecule has 0 saturated carbocycles. The predicted octanol–water partition coefficient (Wildman–Crippen LogP) is -1.26. The number of rotatable bonds is 18. The molecule has 5 atom stereocenters. The summed E-state index contributed by atoms with van der Waals surface area (Å²) < 4.78 is 0. The van der Waals surface area contributed by atoms with Crippen molar-refractivity contribution in [3.63, 3.8) is 0 Å². The molecule has 208 valence electrons. The summed E-state index contributed by atoms with van der Waals surface area (Å²) in [5, 5.41) is 17.3. The average molecular weight is 515 g/mol. The first-order valence-electron chi connectivity index (χ1n) is 12.5. The lowest BCUT2D eigenvalue weighted by molar-refractivity contribution is -0.144. The van der Waals surface area contributed by atoms with Crippen LogP contribution in [0.25, 0.3) is 0 Å². The van der Waals surface area contributed by atoms with Gasteiger partial charge in [-0.15, -0.1) is 0 Å². The maximum Gasteiger partial charge on any atom is 0.326 e. The Morgan fingerprint density at radius 1 is 0.861 bits per heavy atom. The van der Waals surface area contributed by atoms with E-state index in [9.17, 15) is 24.3 Å². The molecule has 0 bridgehead atoms. The van der Waals surface area contributed by atoms with E-state index in [1.165, 1.54) is 0 Å². The van der Waals surface area contributed by atoms with Gasteiger partial charge in [0.05, 0.1) is 6.04 Å². The first kappa shape index (κ1) is 33.1. The Labute approximate surface area is 213 Å². The Morgan fingerprint density at radius 2 is 1.47 bits per heavy atom. The van der Waals surface area contributed by atoms with E-state index in [-0.39, 0.29) is 17.8 Å². The Morgan fingerprint density at radius 3 is 1.97 bits per heavy atom. The number of guanidine groups is 1. The fourth-order valence-electron chi connectivity index (χ4n) is 3.40. The Bertz CT molecular complexity index is 742. The van der Waals surface area contributed by atoms with Crippen molar-refractivity contribution < 1.29 is 24.3 Å². The van der Waals surface area contributed by atoms with Crippen molar-refractivity contribution in [2.24, 2.45) is 39.8 Å². The summed E-state index contributed by atoms with van der Waals surface area (Å²) >= 11 is 0. The highest BCUT2D eigenvalue weighted by Gasteiger charge is 2.33. The minimum Gasteiger partial charge on any atom is -0.480 e. The number of carboxylic acids is 1. The van der Waals surface area contributed by atoms with Crippen LogP contribution in [-0.4, -0.2) is 72.0 Å². The van der Waals surface area contributed by atoms with Gasteiger partial charge in [0.15, 0.2) is 5.96 Å². The zero-order valence-corrected chi connectivity index (χ0v) is 22.0. The van der Waals surface area contributed by atoms with Crippen molar-refractivity contribution in [2.75, 3.05) is 13.1 Å². The van der Waals surface area contributed by atoms with E-state index in [1.54, 1.807) is 20.8 Å². The number of aliphatic imine (C=N–C) groups is 1. The molecule has 0 fully saturated rings. The van der Waals surface area contributed by atoms with Crippen LogP contribution in [-0.2, 0) is 19.2 Å². The van der Waals surface area contributed by atoms with Crippen LogP contribution in [0.15, 0.2) is 4.99 Å². The molecule has 0 heterocycles. The van der Waals surface area contributed by atoms with E-state index < -0.39 is 47.9 Å². The highest BCUT2D eigenvalue weighted by Crippen LogP contribution is 2.12. The van der Waals surface area contributed by atoms with Crippen LogP contribution < -0.4 is 38.9 Å². The largest absolute Gasteiger partial charge is 0.480 e. The first-order valence-corrected chi connectivity index (χ1v) is 12.5. The molecule has 0 aromatic heterocycles. The number of nitrogens with two attached hydrogens (primary N) is 4. The van der Waals surface area contributed by atoms with Gasteiger partial charge < -0.3 is 44.0 Å². The van der Waals surface area contributed by atoms with Gasteiger partial charge in [0.25, 0.3) is 0 Å². The number of nitrogens with zero attached hydrogens (tertiary/aromatic N) is 1. The highest BCUT2D eigenvalue weighted by molar-refractivity contribution is 5.94. The second-order valence-corrected chi connectivity index (χ2v) is 9.34. The second kappa shape index (κ2) is 17.5. The minimum atomic E-state index is -1.16. The molecule has 12 N–H and O–H groups in total. The maximum atomic E-state index is 13.2. The Kier molecular flexibility index (Phi) is 16.1. The van der Waals surface area contributed by atoms with Gasteiger partial charge in [-0.2, -0.15) is 0 Å². The molecule has 13 nitrogen and oxygen atoms in total. The van der Waals surface area contributed by atoms with Gasteiger partial charge in [0, 0.05) is 6.54 Å². The third kappa shape index (κ3) is 12.7. The molecule has 0 saturated heterocycles. The SMILES string of the molecule is CCC(C)C(NC(=O)C(CCCCN)NC(=O)C(N)CCCN=C(N)N)C(=O)NC(C(=O)O)C(C)C. The maximum absolute atomic E-state index is 13.2. The molecular formula is C23H46N8O5. The molecule has 0 aliphatic heterocycles. The molecule has 0 rings (SSSR count). The van der Waals surface area contributed by atoms with Crippen LogP contribution in [0.4, 0.5) is 0 Å². The number of unbranched alkanes of at least 4 members (excludes halogenated alkanes) is 1. The second-order valence-electron chi connectivity index (χ2n) is 9.34. The smallest absolute Gasteiger partial charge is 0.326 e. The van der Waals surface area contributed by atoms with E-state index in [1.807, 2.05) is 6.92 Å². The van der Waals surface area contributed by atoms with Crippen molar-refractivity contribution in [1.82, 2.24) is 16.0 Å². The molecule has 0 radical (unpaired) electrons. The molecule has 0 aliphatic carbocycles. The van der Waals surface area contributed by atoms with Crippen molar-refractivity contribution >= 4 is 29.7 Å². The van der Waals surface area contributed by atoms with Crippen molar-refractivity contribution in [3.8, 4) is 0 Å². The summed E-state index contributed by atoms with van der Waals surface area (Å²) in [6, 6.07) is -3.89. The summed E-state index contributed by atoms with van der Waals surface area (Å²) in [7, 11) is 0. The van der Waals surface area contributed by atoms with Gasteiger partial charge in [0.1, 0.15) is 18.1 Å². The highest BCUT2D eigenvalue weighted by atomic mass is 16.4. The summed E-state index contributed by atoms with van der Waals surface area (Å²) in [6.45, 7) is 7.75. The van der Waals surface area contributed by atoms with Crippen LogP contribution in [0.1, 0.15) is 66.2 Å². The van der Waals surface area contributed by atoms with Crippen LogP contribution >= 0.6 is 0 Å². The number of carboxylic acid groups (broad SMARTS) is 1. The number of hydrogen-bond donors (Lipinski definition) is 8.